The van der Waals surface area contributed by atoms with Crippen LogP contribution in [-0.2, 0) is 16.4 Å². The molecule has 0 unspecified atom stereocenters. The predicted molar refractivity (Wildman–Crippen MR) is 86.9 cm³/mol. The summed E-state index contributed by atoms with van der Waals surface area (Å²) in [6.45, 7) is 2.12. The number of halogens is 1. The molecule has 0 spiro atoms. The summed E-state index contributed by atoms with van der Waals surface area (Å²) in [4.78, 5) is 0. The number of aryl methyl sites for hydroxylation is 1. The number of benzene rings is 2. The van der Waals surface area contributed by atoms with Crippen LogP contribution in [0.1, 0.15) is 22.7 Å². The molecular weight excluding hydrogens is 301 g/mol. The Morgan fingerprint density at radius 3 is 2.41 bits per heavy atom. The van der Waals surface area contributed by atoms with E-state index in [-0.39, 0.29) is 17.6 Å². The van der Waals surface area contributed by atoms with Crippen molar-refractivity contribution in [1.29, 1.82) is 0 Å². The summed E-state index contributed by atoms with van der Waals surface area (Å²) < 4.78 is 36.8. The molecule has 0 saturated heterocycles. The Bertz CT molecular complexity index is 730. The molecule has 0 fully saturated rings. The molecule has 22 heavy (non-hydrogen) atoms. The lowest BCUT2D eigenvalue weighted by atomic mass is 10.1. The Kier molecular flexibility index (Phi) is 5.32. The smallest absolute Gasteiger partial charge is 0.149 e. The first-order chi connectivity index (χ1) is 10.3. The van der Waals surface area contributed by atoms with Crippen LogP contribution in [0.3, 0.4) is 0 Å². The zero-order valence-electron chi connectivity index (χ0n) is 12.7. The molecule has 1 atom stereocenters. The fraction of sp³-hybridized carbons (Fsp3) is 0.294. The number of rotatable bonds is 6. The van der Waals surface area contributed by atoms with Crippen molar-refractivity contribution >= 4 is 9.84 Å². The number of sulfone groups is 1. The quantitative estimate of drug-likeness (QED) is 0.889. The largest absolute Gasteiger partial charge is 0.305 e. The van der Waals surface area contributed by atoms with Gasteiger partial charge < -0.3 is 5.32 Å². The Morgan fingerprint density at radius 1 is 1.14 bits per heavy atom. The molecule has 0 bridgehead atoms. The van der Waals surface area contributed by atoms with E-state index in [0.717, 1.165) is 11.1 Å². The van der Waals surface area contributed by atoms with Gasteiger partial charge in [-0.25, -0.2) is 12.8 Å². The predicted octanol–water partition coefficient (Wildman–Crippen LogP) is 3.01. The van der Waals surface area contributed by atoms with Crippen LogP contribution in [0.25, 0.3) is 0 Å². The van der Waals surface area contributed by atoms with Gasteiger partial charge in [-0.15, -0.1) is 0 Å². The topological polar surface area (TPSA) is 46.2 Å². The van der Waals surface area contributed by atoms with Crippen LogP contribution in [0.4, 0.5) is 4.39 Å². The Hall–Kier alpha value is -1.72. The van der Waals surface area contributed by atoms with Crippen LogP contribution in [0.5, 0.6) is 0 Å². The van der Waals surface area contributed by atoms with Gasteiger partial charge in [0.25, 0.3) is 0 Å². The molecule has 0 aliphatic rings. The summed E-state index contributed by atoms with van der Waals surface area (Å²) in [6.07, 6.45) is 1.22. The third-order valence-electron chi connectivity index (χ3n) is 3.46. The second-order valence-corrected chi connectivity index (χ2v) is 7.70. The van der Waals surface area contributed by atoms with Crippen LogP contribution in [0.2, 0.25) is 0 Å². The van der Waals surface area contributed by atoms with Crippen molar-refractivity contribution < 1.29 is 12.8 Å². The van der Waals surface area contributed by atoms with E-state index in [2.05, 4.69) is 5.32 Å². The van der Waals surface area contributed by atoms with Gasteiger partial charge in [0, 0.05) is 18.8 Å². The third-order valence-corrected chi connectivity index (χ3v) is 4.40. The number of hydrogen-bond acceptors (Lipinski definition) is 3. The molecule has 0 aliphatic heterocycles. The minimum atomic E-state index is -3.13. The first-order valence-corrected chi connectivity index (χ1v) is 9.12. The SMILES string of the molecule is Cc1ccc(CN[C@H](CS(C)(=O)=O)c2ccccc2)cc1F. The van der Waals surface area contributed by atoms with E-state index in [9.17, 15) is 12.8 Å². The zero-order chi connectivity index (χ0) is 16.2. The highest BCUT2D eigenvalue weighted by Crippen LogP contribution is 2.16. The van der Waals surface area contributed by atoms with Gasteiger partial charge in [0.1, 0.15) is 15.7 Å². The summed E-state index contributed by atoms with van der Waals surface area (Å²) in [5.41, 5.74) is 2.29. The standard InChI is InChI=1S/C17H20FNO2S/c1-13-8-9-14(10-16(13)18)11-19-17(12-22(2,20)21)15-6-4-3-5-7-15/h3-10,17,19H,11-12H2,1-2H3/t17-/m1/s1. The summed E-state index contributed by atoms with van der Waals surface area (Å²) in [5.74, 6) is -0.246. The zero-order valence-corrected chi connectivity index (χ0v) is 13.5. The van der Waals surface area contributed by atoms with Crippen LogP contribution >= 0.6 is 0 Å². The van der Waals surface area contributed by atoms with Crippen molar-refractivity contribution in [2.75, 3.05) is 12.0 Å². The maximum absolute atomic E-state index is 13.6. The van der Waals surface area contributed by atoms with E-state index in [1.165, 1.54) is 12.3 Å². The monoisotopic (exact) mass is 321 g/mol. The second kappa shape index (κ2) is 7.03. The van der Waals surface area contributed by atoms with Crippen molar-refractivity contribution in [3.63, 3.8) is 0 Å². The average Bonchev–Trinajstić information content (AvgIpc) is 2.47. The highest BCUT2D eigenvalue weighted by atomic mass is 32.2. The molecule has 0 aromatic heterocycles. The van der Waals surface area contributed by atoms with Gasteiger partial charge >= 0.3 is 0 Å². The van der Waals surface area contributed by atoms with Crippen molar-refractivity contribution in [3.8, 4) is 0 Å². The van der Waals surface area contributed by atoms with E-state index >= 15 is 0 Å². The molecule has 0 saturated carbocycles. The third kappa shape index (κ3) is 4.93. The Balaban J connectivity index is 2.14. The van der Waals surface area contributed by atoms with Gasteiger partial charge in [-0.2, -0.15) is 0 Å². The van der Waals surface area contributed by atoms with E-state index in [0.29, 0.717) is 12.1 Å². The normalized spacial score (nSPS) is 13.0. The fourth-order valence-electron chi connectivity index (χ4n) is 2.25. The lowest BCUT2D eigenvalue weighted by Gasteiger charge is -2.18. The van der Waals surface area contributed by atoms with Gasteiger partial charge in [0.05, 0.1) is 5.75 Å². The molecule has 2 aromatic carbocycles. The van der Waals surface area contributed by atoms with Crippen LogP contribution in [0, 0.1) is 12.7 Å². The molecule has 3 nitrogen and oxygen atoms in total. The van der Waals surface area contributed by atoms with E-state index in [1.807, 2.05) is 36.4 Å². The Morgan fingerprint density at radius 2 is 1.82 bits per heavy atom. The number of nitrogens with one attached hydrogen (secondary N) is 1. The highest BCUT2D eigenvalue weighted by Gasteiger charge is 2.17. The maximum atomic E-state index is 13.6. The van der Waals surface area contributed by atoms with Crippen molar-refractivity contribution in [2.24, 2.45) is 0 Å². The average molecular weight is 321 g/mol. The lowest BCUT2D eigenvalue weighted by Crippen LogP contribution is -2.27. The molecule has 2 rings (SSSR count). The second-order valence-electron chi connectivity index (χ2n) is 5.52. The summed E-state index contributed by atoms with van der Waals surface area (Å²) in [6, 6.07) is 14.1. The van der Waals surface area contributed by atoms with E-state index in [1.54, 1.807) is 13.0 Å². The van der Waals surface area contributed by atoms with Crippen LogP contribution in [-0.4, -0.2) is 20.4 Å². The van der Waals surface area contributed by atoms with Gasteiger partial charge in [-0.3, -0.25) is 0 Å². The summed E-state index contributed by atoms with van der Waals surface area (Å²) in [7, 11) is -3.13. The van der Waals surface area contributed by atoms with E-state index < -0.39 is 9.84 Å². The first-order valence-electron chi connectivity index (χ1n) is 7.06. The molecule has 0 aliphatic carbocycles. The molecule has 0 amide bonds. The lowest BCUT2D eigenvalue weighted by molar-refractivity contribution is 0.548. The number of hydrogen-bond donors (Lipinski definition) is 1. The van der Waals surface area contributed by atoms with Crippen LogP contribution < -0.4 is 5.32 Å². The van der Waals surface area contributed by atoms with Gasteiger partial charge in [-0.05, 0) is 29.7 Å². The van der Waals surface area contributed by atoms with Gasteiger partial charge in [0.15, 0.2) is 0 Å². The van der Waals surface area contributed by atoms with Crippen molar-refractivity contribution in [3.05, 3.63) is 71.0 Å². The van der Waals surface area contributed by atoms with Crippen molar-refractivity contribution in [2.45, 2.75) is 19.5 Å². The molecule has 0 heterocycles. The molecule has 1 N–H and O–H groups in total. The molecule has 118 valence electrons. The highest BCUT2D eigenvalue weighted by molar-refractivity contribution is 7.90. The Labute approximate surface area is 131 Å². The summed E-state index contributed by atoms with van der Waals surface area (Å²) >= 11 is 0. The molecule has 5 heteroatoms. The van der Waals surface area contributed by atoms with Crippen molar-refractivity contribution in [1.82, 2.24) is 5.32 Å². The van der Waals surface area contributed by atoms with E-state index in [4.69, 9.17) is 0 Å². The summed E-state index contributed by atoms with van der Waals surface area (Å²) in [5, 5.41) is 3.21. The minimum absolute atomic E-state index is 0.00531. The maximum Gasteiger partial charge on any atom is 0.149 e. The molecule has 2 aromatic rings. The van der Waals surface area contributed by atoms with Crippen LogP contribution in [0.15, 0.2) is 48.5 Å². The fourth-order valence-corrected chi connectivity index (χ4v) is 3.16. The first kappa shape index (κ1) is 16.6. The molecular formula is C17H20FNO2S. The molecule has 0 radical (unpaired) electrons. The van der Waals surface area contributed by atoms with Gasteiger partial charge in [0.2, 0.25) is 0 Å². The van der Waals surface area contributed by atoms with Gasteiger partial charge in [-0.1, -0.05) is 42.5 Å². The minimum Gasteiger partial charge on any atom is -0.305 e.